The van der Waals surface area contributed by atoms with E-state index in [0.29, 0.717) is 5.02 Å². The van der Waals surface area contributed by atoms with E-state index in [0.717, 1.165) is 30.3 Å². The SMILES string of the molecule is CNC1(c2nnnn2-c2ccc(Cl)cc2)CCC(C)CC1. The molecule has 0 aliphatic heterocycles. The summed E-state index contributed by atoms with van der Waals surface area (Å²) in [5, 5.41) is 16.6. The minimum absolute atomic E-state index is 0.143. The maximum absolute atomic E-state index is 5.96. The first-order chi connectivity index (χ1) is 10.1. The molecule has 0 bridgehead atoms. The van der Waals surface area contributed by atoms with E-state index in [9.17, 15) is 0 Å². The van der Waals surface area contributed by atoms with Crippen molar-refractivity contribution in [1.82, 2.24) is 25.5 Å². The van der Waals surface area contributed by atoms with Gasteiger partial charge in [-0.2, -0.15) is 4.68 Å². The zero-order valence-corrected chi connectivity index (χ0v) is 13.1. The third-order valence-electron chi connectivity index (χ3n) is 4.58. The second-order valence-electron chi connectivity index (χ2n) is 5.91. The molecule has 0 radical (unpaired) electrons. The minimum Gasteiger partial charge on any atom is -0.308 e. The number of nitrogens with one attached hydrogen (secondary N) is 1. The quantitative estimate of drug-likeness (QED) is 0.947. The van der Waals surface area contributed by atoms with E-state index < -0.39 is 0 Å². The molecule has 0 amide bonds. The van der Waals surface area contributed by atoms with Gasteiger partial charge in [-0.1, -0.05) is 18.5 Å². The van der Waals surface area contributed by atoms with Crippen LogP contribution in [0.5, 0.6) is 0 Å². The molecule has 6 heteroatoms. The highest BCUT2D eigenvalue weighted by Gasteiger charge is 2.39. The molecule has 1 N–H and O–H groups in total. The van der Waals surface area contributed by atoms with Crippen LogP contribution in [0.2, 0.25) is 5.02 Å². The molecule has 0 atom stereocenters. The van der Waals surface area contributed by atoms with Gasteiger partial charge in [0.15, 0.2) is 5.82 Å². The summed E-state index contributed by atoms with van der Waals surface area (Å²) in [6, 6.07) is 7.60. The molecule has 112 valence electrons. The number of hydrogen-bond donors (Lipinski definition) is 1. The highest BCUT2D eigenvalue weighted by molar-refractivity contribution is 6.30. The van der Waals surface area contributed by atoms with Crippen molar-refractivity contribution >= 4 is 11.6 Å². The molecule has 1 heterocycles. The molecular weight excluding hydrogens is 286 g/mol. The van der Waals surface area contributed by atoms with Crippen LogP contribution < -0.4 is 5.32 Å². The molecule has 3 rings (SSSR count). The van der Waals surface area contributed by atoms with Gasteiger partial charge in [-0.3, -0.25) is 0 Å². The Balaban J connectivity index is 1.99. The number of aromatic nitrogens is 4. The van der Waals surface area contributed by atoms with Gasteiger partial charge >= 0.3 is 0 Å². The molecule has 1 aromatic carbocycles. The maximum Gasteiger partial charge on any atom is 0.176 e. The number of rotatable bonds is 3. The fraction of sp³-hybridized carbons (Fsp3) is 0.533. The summed E-state index contributed by atoms with van der Waals surface area (Å²) in [5.41, 5.74) is 0.794. The van der Waals surface area contributed by atoms with Crippen LogP contribution in [0, 0.1) is 5.92 Å². The second-order valence-corrected chi connectivity index (χ2v) is 6.34. The number of tetrazole rings is 1. The second kappa shape index (κ2) is 5.73. The molecule has 21 heavy (non-hydrogen) atoms. The topological polar surface area (TPSA) is 55.6 Å². The first-order valence-corrected chi connectivity index (χ1v) is 7.76. The Morgan fingerprint density at radius 1 is 1.24 bits per heavy atom. The van der Waals surface area contributed by atoms with Crippen molar-refractivity contribution in [3.63, 3.8) is 0 Å². The summed E-state index contributed by atoms with van der Waals surface area (Å²) in [4.78, 5) is 0. The first kappa shape index (κ1) is 14.5. The lowest BCUT2D eigenvalue weighted by Gasteiger charge is -2.38. The molecule has 1 aliphatic carbocycles. The molecule has 1 saturated carbocycles. The average Bonchev–Trinajstić information content (AvgIpc) is 2.99. The number of hydrogen-bond acceptors (Lipinski definition) is 4. The molecule has 2 aromatic rings. The van der Waals surface area contributed by atoms with Gasteiger partial charge in [-0.25, -0.2) is 0 Å². The van der Waals surface area contributed by atoms with Crippen molar-refractivity contribution in [1.29, 1.82) is 0 Å². The van der Waals surface area contributed by atoms with Gasteiger partial charge in [0.25, 0.3) is 0 Å². The number of benzene rings is 1. The van der Waals surface area contributed by atoms with Crippen LogP contribution in [0.15, 0.2) is 24.3 Å². The van der Waals surface area contributed by atoms with E-state index in [1.165, 1.54) is 12.8 Å². The van der Waals surface area contributed by atoms with Crippen LogP contribution in [0.3, 0.4) is 0 Å². The van der Waals surface area contributed by atoms with E-state index in [1.807, 2.05) is 36.0 Å². The molecule has 1 aromatic heterocycles. The summed E-state index contributed by atoms with van der Waals surface area (Å²) < 4.78 is 1.82. The Hall–Kier alpha value is -1.46. The van der Waals surface area contributed by atoms with E-state index >= 15 is 0 Å². The van der Waals surface area contributed by atoms with Crippen molar-refractivity contribution in [3.05, 3.63) is 35.1 Å². The Bertz CT molecular complexity index is 599. The zero-order valence-electron chi connectivity index (χ0n) is 12.4. The van der Waals surface area contributed by atoms with Gasteiger partial charge in [0.05, 0.1) is 11.2 Å². The molecule has 0 spiro atoms. The van der Waals surface area contributed by atoms with Crippen molar-refractivity contribution in [2.75, 3.05) is 7.05 Å². The minimum atomic E-state index is -0.143. The Morgan fingerprint density at radius 2 is 1.90 bits per heavy atom. The smallest absolute Gasteiger partial charge is 0.176 e. The van der Waals surface area contributed by atoms with E-state index in [-0.39, 0.29) is 5.54 Å². The van der Waals surface area contributed by atoms with Gasteiger partial charge in [-0.05, 0) is 73.3 Å². The van der Waals surface area contributed by atoms with Gasteiger partial charge in [0, 0.05) is 5.02 Å². The summed E-state index contributed by atoms with van der Waals surface area (Å²) in [5.74, 6) is 1.66. The predicted molar refractivity (Wildman–Crippen MR) is 82.5 cm³/mol. The normalized spacial score (nSPS) is 26.0. The fourth-order valence-electron chi connectivity index (χ4n) is 3.08. The Labute approximate surface area is 129 Å². The fourth-order valence-corrected chi connectivity index (χ4v) is 3.21. The van der Waals surface area contributed by atoms with Gasteiger partial charge in [0.1, 0.15) is 0 Å². The number of nitrogens with zero attached hydrogens (tertiary/aromatic N) is 4. The summed E-state index contributed by atoms with van der Waals surface area (Å²) >= 11 is 5.96. The maximum atomic E-state index is 5.96. The van der Waals surface area contributed by atoms with Crippen molar-refractivity contribution in [2.24, 2.45) is 5.92 Å². The Kier molecular flexibility index (Phi) is 3.95. The van der Waals surface area contributed by atoms with Gasteiger partial charge in [0.2, 0.25) is 0 Å². The van der Waals surface area contributed by atoms with Crippen LogP contribution in [0.4, 0.5) is 0 Å². The van der Waals surface area contributed by atoms with Gasteiger partial charge in [-0.15, -0.1) is 5.10 Å². The lowest BCUT2D eigenvalue weighted by molar-refractivity contribution is 0.194. The highest BCUT2D eigenvalue weighted by atomic mass is 35.5. The van der Waals surface area contributed by atoms with E-state index in [1.54, 1.807) is 0 Å². The lowest BCUT2D eigenvalue weighted by atomic mass is 9.76. The molecular formula is C15H20ClN5. The van der Waals surface area contributed by atoms with Gasteiger partial charge < -0.3 is 5.32 Å². The zero-order chi connectivity index (χ0) is 14.9. The summed E-state index contributed by atoms with van der Waals surface area (Å²) in [7, 11) is 2.00. The third kappa shape index (κ3) is 2.68. The van der Waals surface area contributed by atoms with Crippen LogP contribution in [-0.4, -0.2) is 27.3 Å². The third-order valence-corrected chi connectivity index (χ3v) is 4.83. The monoisotopic (exact) mass is 305 g/mol. The molecule has 1 fully saturated rings. The van der Waals surface area contributed by atoms with Crippen molar-refractivity contribution in [3.8, 4) is 5.69 Å². The Morgan fingerprint density at radius 3 is 2.52 bits per heavy atom. The van der Waals surface area contributed by atoms with Crippen LogP contribution in [0.25, 0.3) is 5.69 Å². The van der Waals surface area contributed by atoms with Crippen LogP contribution in [-0.2, 0) is 5.54 Å². The predicted octanol–water partition coefficient (Wildman–Crippen LogP) is 2.94. The summed E-state index contributed by atoms with van der Waals surface area (Å²) in [6.45, 7) is 2.31. The number of halogens is 1. The van der Waals surface area contributed by atoms with E-state index in [4.69, 9.17) is 11.6 Å². The molecule has 0 saturated heterocycles. The molecule has 0 unspecified atom stereocenters. The summed E-state index contributed by atoms with van der Waals surface area (Å²) in [6.07, 6.45) is 4.49. The standard InChI is InChI=1S/C15H20ClN5/c1-11-7-9-15(17-2,10-8-11)14-18-19-20-21(14)13-5-3-12(16)4-6-13/h3-6,11,17H,7-10H2,1-2H3. The largest absolute Gasteiger partial charge is 0.308 e. The first-order valence-electron chi connectivity index (χ1n) is 7.38. The van der Waals surface area contributed by atoms with Crippen molar-refractivity contribution < 1.29 is 0 Å². The highest BCUT2D eigenvalue weighted by Crippen LogP contribution is 2.38. The van der Waals surface area contributed by atoms with Crippen LogP contribution in [0.1, 0.15) is 38.4 Å². The average molecular weight is 306 g/mol. The van der Waals surface area contributed by atoms with E-state index in [2.05, 4.69) is 27.8 Å². The van der Waals surface area contributed by atoms with Crippen LogP contribution >= 0.6 is 11.6 Å². The molecule has 1 aliphatic rings. The lowest BCUT2D eigenvalue weighted by Crippen LogP contribution is -2.45. The van der Waals surface area contributed by atoms with Crippen molar-refractivity contribution in [2.45, 2.75) is 38.1 Å². The molecule has 5 nitrogen and oxygen atoms in total.